The Morgan fingerprint density at radius 3 is 1.00 bits per heavy atom. The van der Waals surface area contributed by atoms with Crippen molar-refractivity contribution in [3.63, 3.8) is 0 Å². The first kappa shape index (κ1) is 104. The Labute approximate surface area is 633 Å². The first-order chi connectivity index (χ1) is 49.4. The summed E-state index contributed by atoms with van der Waals surface area (Å²) in [6, 6.07) is 18.6. The van der Waals surface area contributed by atoms with Gasteiger partial charge < -0.3 is 0 Å². The van der Waals surface area contributed by atoms with Crippen molar-refractivity contribution in [1.29, 1.82) is 0 Å². The zero-order valence-corrected chi connectivity index (χ0v) is 66.7. The first-order valence-corrected chi connectivity index (χ1v) is 38.3. The van der Waals surface area contributed by atoms with Gasteiger partial charge in [0.05, 0.1) is 34.5 Å². The Balaban J connectivity index is 0.000000614. The molecule has 0 aliphatic heterocycles. The van der Waals surface area contributed by atoms with Crippen molar-refractivity contribution >= 4 is 0 Å². The van der Waals surface area contributed by atoms with E-state index in [4.69, 9.17) is 0 Å². The molecule has 8 fully saturated rings. The van der Waals surface area contributed by atoms with E-state index in [2.05, 4.69) is 71.0 Å². The second kappa shape index (κ2) is 39.6. The fourth-order valence-corrected chi connectivity index (χ4v) is 14.6. The average Bonchev–Trinajstić information content (AvgIpc) is 0.941. The third-order valence-electron chi connectivity index (χ3n) is 24.8. The zero-order valence-electron chi connectivity index (χ0n) is 66.7. The summed E-state index contributed by atoms with van der Waals surface area (Å²) in [6.45, 7) is 23.8. The molecule has 2 aromatic rings. The largest absolute Gasteiger partial charge is 0.394 e. The van der Waals surface area contributed by atoms with Gasteiger partial charge >= 0.3 is 54.1 Å². The van der Waals surface area contributed by atoms with Crippen LogP contribution in [-0.2, 0) is 0 Å². The van der Waals surface area contributed by atoms with Crippen molar-refractivity contribution < 1.29 is 127 Å². The van der Waals surface area contributed by atoms with Gasteiger partial charge in [-0.2, -0.15) is 92.2 Å². The molecule has 0 spiro atoms. The van der Waals surface area contributed by atoms with Gasteiger partial charge in [-0.15, -0.1) is 0 Å². The molecule has 648 valence electrons. The van der Waals surface area contributed by atoms with Gasteiger partial charge in [-0.1, -0.05) is 187 Å². The summed E-state index contributed by atoms with van der Waals surface area (Å²) in [4.78, 5) is 0. The van der Waals surface area contributed by atoms with Gasteiger partial charge in [-0.3, -0.25) is 0 Å². The van der Waals surface area contributed by atoms with Gasteiger partial charge in [0.25, 0.3) is 11.8 Å². The highest BCUT2D eigenvalue weighted by Gasteiger charge is 2.74. The minimum absolute atomic E-state index is 0.150. The maximum absolute atomic E-state index is 13.3. The summed E-state index contributed by atoms with van der Waals surface area (Å²) >= 11 is 0. The molecule has 8 saturated carbocycles. The number of hydrogen-bond acceptors (Lipinski definition) is 0. The van der Waals surface area contributed by atoms with Crippen molar-refractivity contribution in [3.8, 4) is 0 Å². The summed E-state index contributed by atoms with van der Waals surface area (Å²) < 4.78 is 368. The van der Waals surface area contributed by atoms with Gasteiger partial charge in [0.15, 0.2) is 11.3 Å². The summed E-state index contributed by atoms with van der Waals surface area (Å²) in [6.07, 6.45) is -4.09. The highest BCUT2D eigenvalue weighted by Crippen LogP contribution is 2.62. The quantitative estimate of drug-likeness (QED) is 0.268. The van der Waals surface area contributed by atoms with E-state index in [-0.39, 0.29) is 38.5 Å². The number of halogens is 29. The van der Waals surface area contributed by atoms with Gasteiger partial charge in [0.2, 0.25) is 6.43 Å². The summed E-state index contributed by atoms with van der Waals surface area (Å²) in [7, 11) is 0. The monoisotopic (exact) mass is 1640 g/mol. The van der Waals surface area contributed by atoms with E-state index in [9.17, 15) is 127 Å². The molecule has 0 N–H and O–H groups in total. The second-order valence-electron chi connectivity index (χ2n) is 34.1. The lowest BCUT2D eigenvalue weighted by Crippen LogP contribution is -2.61. The smallest absolute Gasteiger partial charge is 0.237 e. The van der Waals surface area contributed by atoms with Crippen LogP contribution in [0.5, 0.6) is 0 Å². The van der Waals surface area contributed by atoms with Gasteiger partial charge in [0.1, 0.15) is 0 Å². The molecule has 0 nitrogen and oxygen atoms in total. The molecule has 2 aromatic carbocycles. The lowest BCUT2D eigenvalue weighted by Gasteiger charge is -2.47. The molecule has 0 heterocycles. The van der Waals surface area contributed by atoms with E-state index >= 15 is 0 Å². The van der Waals surface area contributed by atoms with Crippen LogP contribution in [0.25, 0.3) is 0 Å². The highest BCUT2D eigenvalue weighted by atomic mass is 19.4. The zero-order chi connectivity index (χ0) is 86.1. The van der Waals surface area contributed by atoms with Crippen LogP contribution in [0.1, 0.15) is 299 Å². The summed E-state index contributed by atoms with van der Waals surface area (Å²) in [5, 5.41) is 0. The Morgan fingerprint density at radius 2 is 0.736 bits per heavy atom. The molecule has 5 atom stereocenters. The maximum Gasteiger partial charge on any atom is 0.394 e. The van der Waals surface area contributed by atoms with E-state index in [1.165, 1.54) is 82.9 Å². The van der Waals surface area contributed by atoms with E-state index in [0.29, 0.717) is 65.2 Å². The predicted octanol–water partition coefficient (Wildman–Crippen LogP) is 32.5. The SMILES string of the molecule is CC1(F)CC(F)(F)CC1(F)F.CC1(F)CCCC(F)(F)C1(F)F.CC1CCC(C)(C(F)(F)F)CC1.CCC1(C(F)(F)F)CCCC1.CCC1(C(F)(F)F)CCCCC1.CCC1(C)CCCCC1.C[C@@H]1CCC(C)(C(F)F)C(F)(F)C1(F)F.C[C@@H]1CCC(C)(C)C(F)(F)C1(F)F.Cc1ccccc1.Cc1ccccc1C. The van der Waals surface area contributed by atoms with Crippen molar-refractivity contribution in [3.05, 3.63) is 71.3 Å². The Kier molecular flexibility index (Phi) is 37.6. The van der Waals surface area contributed by atoms with Gasteiger partial charge in [-0.25, -0.2) is 35.1 Å². The molecule has 3 unspecified atom stereocenters. The third kappa shape index (κ3) is 26.5. The first-order valence-electron chi connectivity index (χ1n) is 38.3. The van der Waals surface area contributed by atoms with E-state index in [1.807, 2.05) is 25.1 Å². The topological polar surface area (TPSA) is 0 Å². The van der Waals surface area contributed by atoms with Crippen LogP contribution in [0.4, 0.5) is 127 Å². The van der Waals surface area contributed by atoms with Gasteiger partial charge in [-0.05, 0) is 180 Å². The van der Waals surface area contributed by atoms with Crippen LogP contribution >= 0.6 is 0 Å². The minimum Gasteiger partial charge on any atom is -0.237 e. The number of alkyl halides is 29. The second-order valence-corrected chi connectivity index (χ2v) is 34.1. The van der Waals surface area contributed by atoms with Crippen molar-refractivity contribution in [2.45, 2.75) is 387 Å². The lowest BCUT2D eigenvalue weighted by atomic mass is 9.67. The van der Waals surface area contributed by atoms with Crippen LogP contribution in [0.3, 0.4) is 0 Å². The molecule has 29 heteroatoms. The molecule has 0 saturated heterocycles. The van der Waals surface area contributed by atoms with Crippen molar-refractivity contribution in [1.82, 2.24) is 0 Å². The van der Waals surface area contributed by atoms with Crippen LogP contribution in [0.2, 0.25) is 0 Å². The molecule has 8 aliphatic carbocycles. The number of benzene rings is 2. The number of rotatable bonds is 4. The molecule has 110 heavy (non-hydrogen) atoms. The molecule has 8 aliphatic rings. The average molecular weight is 1650 g/mol. The van der Waals surface area contributed by atoms with E-state index < -0.39 is 155 Å². The fourth-order valence-electron chi connectivity index (χ4n) is 14.6. The van der Waals surface area contributed by atoms with E-state index in [0.717, 1.165) is 57.3 Å². The van der Waals surface area contributed by atoms with E-state index in [1.54, 1.807) is 13.8 Å². The lowest BCUT2D eigenvalue weighted by molar-refractivity contribution is -0.327. The predicted molar refractivity (Wildman–Crippen MR) is 376 cm³/mol. The Bertz CT molecular complexity index is 2880. The number of hydrogen-bond donors (Lipinski definition) is 0. The summed E-state index contributed by atoms with van der Waals surface area (Å²) in [5.41, 5.74) is -9.95. The summed E-state index contributed by atoms with van der Waals surface area (Å²) in [5.74, 6) is -35.3. The third-order valence-corrected chi connectivity index (χ3v) is 24.8. The minimum atomic E-state index is -4.66. The van der Waals surface area contributed by atoms with Crippen LogP contribution in [0.15, 0.2) is 54.6 Å². The fraction of sp³-hybridized carbons (Fsp3) is 0.852. The van der Waals surface area contributed by atoms with Crippen molar-refractivity contribution in [2.75, 3.05) is 0 Å². The molecule has 0 radical (unpaired) electrons. The van der Waals surface area contributed by atoms with Crippen LogP contribution in [0, 0.1) is 71.0 Å². The standard InChI is InChI=1S/C9H12F6.C9H14F4.2C9H15F3.C9H18.C8H13F3.C8H10.C7H9F5.C7H8.C6H7F5/c1-5-3-4-7(2,6(10)11)9(14,15)8(5,12)13;1-6-4-5-7(2,3)9(12,13)8(6,10)11;1-7-3-5-8(2,6-4-7)9(10,11)12;1-2-8(9(10,11)12)6-4-3-5-7-8;1-3-9(2)7-5-4-6-8-9;1-2-7(8(9,10)11)5-3-4-6-7;1-7-5-3-4-6-8(7)2;1-5(8)3-2-4-6(9,10)7(5,11)12;1-7-5-3-2-4-6-7;1-4(7)2-5(8,9)3-6(4,10)11/h5-6H,3-4H2,1-2H3;6H,4-5H2,1-3H3;7H,3-6H2,1-2H3;2-7H2,1H3;3-8H2,1-2H3;2-6H2,1H3;3-6H,1-2H3;2-4H2,1H3;2-6H,1H3;2-3H2,1H3/t5-,7?;6-;;;;;;;;/m11......../s1. The van der Waals surface area contributed by atoms with Crippen molar-refractivity contribution in [2.24, 2.45) is 50.2 Å². The normalized spacial score (nSPS) is 30.5. The number of aryl methyl sites for hydroxylation is 3. The van der Waals surface area contributed by atoms with Crippen LogP contribution < -0.4 is 0 Å². The molecular weight excluding hydrogens is 1520 g/mol. The van der Waals surface area contributed by atoms with Gasteiger partial charge in [0, 0.05) is 23.7 Å². The molecule has 0 amide bonds. The molecule has 10 rings (SSSR count). The van der Waals surface area contributed by atoms with Crippen LogP contribution in [-0.4, -0.2) is 83.7 Å². The Hall–Kier alpha value is -3.59. The maximum atomic E-state index is 13.3. The molecular formula is C81H121F29. The molecule has 0 bridgehead atoms. The molecule has 0 aromatic heterocycles. The highest BCUT2D eigenvalue weighted by molar-refractivity contribution is 5.23. The Morgan fingerprint density at radius 1 is 0.364 bits per heavy atom.